The molecule has 1 aliphatic heterocycles. The van der Waals surface area contributed by atoms with Crippen LogP contribution < -0.4 is 10.6 Å². The summed E-state index contributed by atoms with van der Waals surface area (Å²) in [5.74, 6) is 0.654. The van der Waals surface area contributed by atoms with E-state index in [0.717, 1.165) is 56.7 Å². The van der Waals surface area contributed by atoms with E-state index < -0.39 is 0 Å². The fourth-order valence-corrected chi connectivity index (χ4v) is 3.57. The summed E-state index contributed by atoms with van der Waals surface area (Å²) in [6, 6.07) is 2.13. The molecule has 1 fully saturated rings. The lowest BCUT2D eigenvalue weighted by molar-refractivity contribution is 0.102. The molecule has 2 N–H and O–H groups in total. The molecule has 0 bridgehead atoms. The van der Waals surface area contributed by atoms with Crippen molar-refractivity contribution in [1.29, 1.82) is 0 Å². The third-order valence-electron chi connectivity index (χ3n) is 4.79. The Balaban J connectivity index is 0.00000169. The first-order valence-electron chi connectivity index (χ1n) is 8.34. The van der Waals surface area contributed by atoms with Crippen LogP contribution in [-0.4, -0.2) is 38.6 Å². The molecule has 1 unspecified atom stereocenters. The topological polar surface area (TPSA) is 76.8 Å². The molecular formula is C16H23ClN6O. The van der Waals surface area contributed by atoms with Crippen molar-refractivity contribution in [2.45, 2.75) is 38.1 Å². The van der Waals surface area contributed by atoms with Gasteiger partial charge in [-0.1, -0.05) is 0 Å². The molecule has 3 heterocycles. The monoisotopic (exact) mass is 350 g/mol. The summed E-state index contributed by atoms with van der Waals surface area (Å²) >= 11 is 0. The Bertz CT molecular complexity index is 731. The van der Waals surface area contributed by atoms with Gasteiger partial charge in [0.15, 0.2) is 5.69 Å². The Kier molecular flexibility index (Phi) is 4.91. The number of anilines is 1. The number of hydrogen-bond donors (Lipinski definition) is 2. The molecule has 2 aromatic heterocycles. The van der Waals surface area contributed by atoms with Crippen LogP contribution in [0.3, 0.4) is 0 Å². The molecule has 0 saturated carbocycles. The summed E-state index contributed by atoms with van der Waals surface area (Å²) in [5, 5.41) is 15.3. The number of halogens is 1. The van der Waals surface area contributed by atoms with Gasteiger partial charge in [-0.25, -0.2) is 0 Å². The predicted molar refractivity (Wildman–Crippen MR) is 93.8 cm³/mol. The second kappa shape index (κ2) is 6.94. The number of aryl methyl sites for hydroxylation is 2. The zero-order chi connectivity index (χ0) is 15.8. The zero-order valence-corrected chi connectivity index (χ0v) is 14.6. The Morgan fingerprint density at radius 3 is 3.00 bits per heavy atom. The summed E-state index contributed by atoms with van der Waals surface area (Å²) in [7, 11) is 1.88. The van der Waals surface area contributed by atoms with E-state index in [1.807, 2.05) is 17.9 Å². The highest BCUT2D eigenvalue weighted by Gasteiger charge is 2.23. The summed E-state index contributed by atoms with van der Waals surface area (Å²) in [4.78, 5) is 12.5. The summed E-state index contributed by atoms with van der Waals surface area (Å²) < 4.78 is 3.68. The first kappa shape index (κ1) is 17.0. The minimum Gasteiger partial charge on any atom is -0.315 e. The quantitative estimate of drug-likeness (QED) is 0.883. The number of amides is 1. The van der Waals surface area contributed by atoms with Crippen LogP contribution >= 0.6 is 12.4 Å². The van der Waals surface area contributed by atoms with E-state index in [1.165, 1.54) is 5.56 Å². The van der Waals surface area contributed by atoms with Crippen molar-refractivity contribution in [3.8, 4) is 0 Å². The predicted octanol–water partition coefficient (Wildman–Crippen LogP) is 1.70. The van der Waals surface area contributed by atoms with E-state index in [4.69, 9.17) is 0 Å². The third-order valence-corrected chi connectivity index (χ3v) is 4.79. The molecule has 0 spiro atoms. The number of carbonyl (C=O) groups excluding carboxylic acids is 1. The maximum atomic E-state index is 12.5. The van der Waals surface area contributed by atoms with E-state index in [0.29, 0.717) is 11.7 Å². The van der Waals surface area contributed by atoms with Crippen molar-refractivity contribution in [2.75, 3.05) is 18.4 Å². The minimum absolute atomic E-state index is 0. The number of hydrogen-bond acceptors (Lipinski definition) is 4. The number of rotatable bonds is 3. The SMILES string of the molecule is Cl.Cn1nc2c(c1NC(=O)c1ccn(C3CCCNC3)n1)CCC2. The largest absolute Gasteiger partial charge is 0.315 e. The van der Waals surface area contributed by atoms with E-state index in [2.05, 4.69) is 20.8 Å². The maximum absolute atomic E-state index is 12.5. The molecule has 0 radical (unpaired) electrons. The fraction of sp³-hybridized carbons (Fsp3) is 0.562. The Morgan fingerprint density at radius 1 is 1.33 bits per heavy atom. The molecule has 130 valence electrons. The normalized spacial score (nSPS) is 19.6. The first-order chi connectivity index (χ1) is 11.2. The molecule has 7 nitrogen and oxygen atoms in total. The number of nitrogens with zero attached hydrogens (tertiary/aromatic N) is 4. The first-order valence-corrected chi connectivity index (χ1v) is 8.34. The summed E-state index contributed by atoms with van der Waals surface area (Å²) in [5.41, 5.74) is 2.75. The standard InChI is InChI=1S/C16H22N6O.ClH/c1-21-15(12-5-2-6-13(12)19-21)18-16(23)14-7-9-22(20-14)11-4-3-8-17-10-11;/h7,9,11,17H,2-6,8,10H2,1H3,(H,18,23);1H. The number of nitrogens with one attached hydrogen (secondary N) is 2. The fourth-order valence-electron chi connectivity index (χ4n) is 3.57. The van der Waals surface area contributed by atoms with Crippen molar-refractivity contribution in [1.82, 2.24) is 24.9 Å². The van der Waals surface area contributed by atoms with Gasteiger partial charge in [-0.2, -0.15) is 10.2 Å². The third kappa shape index (κ3) is 3.06. The highest BCUT2D eigenvalue weighted by Crippen LogP contribution is 2.28. The molecule has 1 amide bonds. The van der Waals surface area contributed by atoms with E-state index in [9.17, 15) is 4.79 Å². The van der Waals surface area contributed by atoms with Crippen molar-refractivity contribution < 1.29 is 4.79 Å². The minimum atomic E-state index is -0.162. The molecule has 8 heteroatoms. The smallest absolute Gasteiger partial charge is 0.277 e. The molecule has 1 atom stereocenters. The second-order valence-corrected chi connectivity index (χ2v) is 6.39. The lowest BCUT2D eigenvalue weighted by Gasteiger charge is -2.22. The maximum Gasteiger partial charge on any atom is 0.277 e. The van der Waals surface area contributed by atoms with Gasteiger partial charge >= 0.3 is 0 Å². The van der Waals surface area contributed by atoms with Gasteiger partial charge in [-0.15, -0.1) is 12.4 Å². The number of piperidine rings is 1. The average Bonchev–Trinajstić information content (AvgIpc) is 3.27. The highest BCUT2D eigenvalue weighted by atomic mass is 35.5. The van der Waals surface area contributed by atoms with Crippen molar-refractivity contribution in [2.24, 2.45) is 7.05 Å². The van der Waals surface area contributed by atoms with Gasteiger partial charge in [0.05, 0.1) is 11.7 Å². The molecule has 1 aliphatic carbocycles. The Morgan fingerprint density at radius 2 is 2.21 bits per heavy atom. The van der Waals surface area contributed by atoms with Crippen molar-refractivity contribution in [3.63, 3.8) is 0 Å². The van der Waals surface area contributed by atoms with Gasteiger partial charge in [0.1, 0.15) is 5.82 Å². The summed E-state index contributed by atoms with van der Waals surface area (Å²) in [6.45, 7) is 1.98. The van der Waals surface area contributed by atoms with E-state index in [-0.39, 0.29) is 18.3 Å². The van der Waals surface area contributed by atoms with Gasteiger partial charge in [0, 0.05) is 25.4 Å². The number of carbonyl (C=O) groups is 1. The number of aromatic nitrogens is 4. The Labute approximate surface area is 147 Å². The van der Waals surface area contributed by atoms with Crippen LogP contribution in [0.15, 0.2) is 12.3 Å². The average molecular weight is 351 g/mol. The van der Waals surface area contributed by atoms with Crippen LogP contribution in [0.5, 0.6) is 0 Å². The lowest BCUT2D eigenvalue weighted by Crippen LogP contribution is -2.32. The van der Waals surface area contributed by atoms with Crippen molar-refractivity contribution >= 4 is 24.1 Å². The molecule has 2 aromatic rings. The van der Waals surface area contributed by atoms with Gasteiger partial charge in [0.25, 0.3) is 5.91 Å². The van der Waals surface area contributed by atoms with Crippen LogP contribution in [0.25, 0.3) is 0 Å². The second-order valence-electron chi connectivity index (χ2n) is 6.39. The summed E-state index contributed by atoms with van der Waals surface area (Å²) in [6.07, 6.45) is 7.26. The molecule has 1 saturated heterocycles. The highest BCUT2D eigenvalue weighted by molar-refractivity contribution is 6.02. The lowest BCUT2D eigenvalue weighted by atomic mass is 10.1. The van der Waals surface area contributed by atoms with Gasteiger partial charge in [-0.05, 0) is 44.7 Å². The van der Waals surface area contributed by atoms with Crippen LogP contribution in [-0.2, 0) is 19.9 Å². The Hall–Kier alpha value is -1.86. The molecule has 0 aromatic carbocycles. The van der Waals surface area contributed by atoms with Crippen LogP contribution in [0.1, 0.15) is 47.1 Å². The van der Waals surface area contributed by atoms with Crippen LogP contribution in [0.2, 0.25) is 0 Å². The zero-order valence-electron chi connectivity index (χ0n) is 13.8. The molecular weight excluding hydrogens is 328 g/mol. The van der Waals surface area contributed by atoms with Crippen LogP contribution in [0, 0.1) is 0 Å². The van der Waals surface area contributed by atoms with Gasteiger partial charge in [-0.3, -0.25) is 14.2 Å². The molecule has 24 heavy (non-hydrogen) atoms. The van der Waals surface area contributed by atoms with E-state index in [1.54, 1.807) is 10.7 Å². The van der Waals surface area contributed by atoms with E-state index >= 15 is 0 Å². The number of fused-ring (bicyclic) bond motifs is 1. The molecule has 4 rings (SSSR count). The molecule has 2 aliphatic rings. The van der Waals surface area contributed by atoms with Gasteiger partial charge in [0.2, 0.25) is 0 Å². The van der Waals surface area contributed by atoms with Crippen molar-refractivity contribution in [3.05, 3.63) is 29.2 Å². The van der Waals surface area contributed by atoms with Gasteiger partial charge < -0.3 is 10.6 Å². The van der Waals surface area contributed by atoms with Crippen LogP contribution in [0.4, 0.5) is 5.82 Å².